The fourth-order valence-electron chi connectivity index (χ4n) is 5.21. The summed E-state index contributed by atoms with van der Waals surface area (Å²) in [6.07, 6.45) is -9.64. The number of aromatic nitrogens is 3. The van der Waals surface area contributed by atoms with Crippen molar-refractivity contribution < 1.29 is 52.7 Å². The van der Waals surface area contributed by atoms with Crippen LogP contribution in [-0.2, 0) is 33.7 Å². The van der Waals surface area contributed by atoms with E-state index in [1.807, 2.05) is 0 Å². The predicted molar refractivity (Wildman–Crippen MR) is 130 cm³/mol. The third kappa shape index (κ3) is 5.73. The molecule has 1 saturated carbocycles. The van der Waals surface area contributed by atoms with Crippen molar-refractivity contribution in [3.8, 4) is 11.3 Å². The molecule has 0 bridgehead atoms. The van der Waals surface area contributed by atoms with Gasteiger partial charge >= 0.3 is 12.4 Å². The predicted octanol–water partition coefficient (Wildman–Crippen LogP) is 4.95. The van der Waals surface area contributed by atoms with Crippen LogP contribution in [0.3, 0.4) is 0 Å². The van der Waals surface area contributed by atoms with E-state index in [-0.39, 0.29) is 24.1 Å². The monoisotopic (exact) mass is 641 g/mol. The Balaban J connectivity index is 1.41. The Labute approximate surface area is 237 Å². The molecule has 43 heavy (non-hydrogen) atoms. The topological polar surface area (TPSA) is 105 Å². The number of hydrogen-bond acceptors (Lipinski definition) is 6. The Morgan fingerprint density at radius 2 is 1.65 bits per heavy atom. The Morgan fingerprint density at radius 3 is 2.21 bits per heavy atom. The second kappa shape index (κ2) is 10.6. The third-order valence-corrected chi connectivity index (χ3v) is 9.76. The molecule has 3 aliphatic rings. The number of hydrogen-bond donors (Lipinski definition) is 1. The summed E-state index contributed by atoms with van der Waals surface area (Å²) in [4.78, 5) is 23.1. The number of nitrogens with zero attached hydrogens (tertiary/aromatic N) is 4. The fourth-order valence-corrected chi connectivity index (χ4v) is 7.47. The van der Waals surface area contributed by atoms with Crippen molar-refractivity contribution in [2.45, 2.75) is 67.6 Å². The lowest BCUT2D eigenvalue weighted by atomic mass is 10.1. The number of carbonyl (C=O) groups is 1. The minimum absolute atomic E-state index is 0.0431. The Hall–Kier alpha value is -3.54. The molecule has 1 aliphatic heterocycles. The van der Waals surface area contributed by atoms with Gasteiger partial charge in [-0.05, 0) is 43.0 Å². The van der Waals surface area contributed by atoms with Gasteiger partial charge < -0.3 is 5.32 Å². The lowest BCUT2D eigenvalue weighted by Crippen LogP contribution is -2.53. The van der Waals surface area contributed by atoms with Gasteiger partial charge in [-0.3, -0.25) is 9.78 Å². The summed E-state index contributed by atoms with van der Waals surface area (Å²) in [5.41, 5.74) is -3.92. The van der Waals surface area contributed by atoms with Gasteiger partial charge in [-0.25, -0.2) is 31.6 Å². The Bertz CT molecular complexity index is 1600. The minimum atomic E-state index is -4.98. The molecular weight excluding hydrogens is 621 g/mol. The van der Waals surface area contributed by atoms with Crippen molar-refractivity contribution >= 4 is 15.9 Å². The van der Waals surface area contributed by atoms with Gasteiger partial charge in [-0.1, -0.05) is 0 Å². The smallest absolute Gasteiger partial charge is 0.351 e. The van der Waals surface area contributed by atoms with Crippen LogP contribution in [0.5, 0.6) is 0 Å². The highest BCUT2D eigenvalue weighted by molar-refractivity contribution is 7.90. The lowest BCUT2D eigenvalue weighted by Gasteiger charge is -2.32. The van der Waals surface area contributed by atoms with E-state index in [0.29, 0.717) is 35.0 Å². The van der Waals surface area contributed by atoms with Crippen LogP contribution < -0.4 is 5.32 Å². The zero-order valence-electron chi connectivity index (χ0n) is 21.6. The van der Waals surface area contributed by atoms with E-state index in [1.54, 1.807) is 0 Å². The number of amides is 1. The average molecular weight is 642 g/mol. The first-order valence-electron chi connectivity index (χ1n) is 12.6. The first-order chi connectivity index (χ1) is 19.9. The summed E-state index contributed by atoms with van der Waals surface area (Å²) in [5.74, 6) is -5.33. The molecule has 1 spiro atoms. The molecule has 3 heterocycles. The lowest BCUT2D eigenvalue weighted by molar-refractivity contribution is -0.145. The van der Waals surface area contributed by atoms with Gasteiger partial charge in [0.05, 0.1) is 16.8 Å². The Kier molecular flexibility index (Phi) is 7.60. The van der Waals surface area contributed by atoms with Crippen LogP contribution in [0.2, 0.25) is 0 Å². The third-order valence-electron chi connectivity index (χ3n) is 7.50. The molecule has 2 aliphatic carbocycles. The van der Waals surface area contributed by atoms with E-state index < -0.39 is 99.3 Å². The van der Waals surface area contributed by atoms with Crippen LogP contribution in [0.1, 0.15) is 42.6 Å². The number of carbonyl (C=O) groups excluding carboxylic acids is 1. The van der Waals surface area contributed by atoms with Crippen molar-refractivity contribution in [1.29, 1.82) is 0 Å². The van der Waals surface area contributed by atoms with Gasteiger partial charge in [0.25, 0.3) is 0 Å². The van der Waals surface area contributed by atoms with E-state index in [9.17, 15) is 48.3 Å². The zero-order chi connectivity index (χ0) is 31.5. The van der Waals surface area contributed by atoms with Crippen LogP contribution in [0.4, 0.5) is 39.5 Å². The molecule has 1 N–H and O–H groups in total. The molecule has 1 amide bonds. The number of nitrogens with one attached hydrogen (secondary N) is 1. The molecule has 2 fully saturated rings. The van der Waals surface area contributed by atoms with Crippen LogP contribution >= 0.6 is 0 Å². The molecule has 2 aromatic rings. The summed E-state index contributed by atoms with van der Waals surface area (Å²) in [6, 6.07) is -0.858. The van der Waals surface area contributed by atoms with Crippen LogP contribution in [0.25, 0.3) is 11.3 Å². The van der Waals surface area contributed by atoms with Gasteiger partial charge in [0.2, 0.25) is 21.8 Å². The molecule has 232 valence electrons. The number of halogens is 9. The van der Waals surface area contributed by atoms with E-state index in [0.717, 1.165) is 6.07 Å². The molecule has 0 aromatic carbocycles. The molecular formula is C25H20F9N5O3S. The number of sulfonamides is 1. The number of pyridine rings is 1. The quantitative estimate of drug-likeness (QED) is 0.448. The summed E-state index contributed by atoms with van der Waals surface area (Å²) in [5, 5.41) is 0.544. The summed E-state index contributed by atoms with van der Waals surface area (Å²) >= 11 is 0. The summed E-state index contributed by atoms with van der Waals surface area (Å²) in [6.45, 7) is -0.856. The molecule has 3 atom stereocenters. The molecule has 0 radical (unpaired) electrons. The van der Waals surface area contributed by atoms with Crippen molar-refractivity contribution in [3.05, 3.63) is 65.4 Å². The van der Waals surface area contributed by atoms with E-state index >= 15 is 4.39 Å². The maximum absolute atomic E-state index is 15.1. The normalized spacial score (nSPS) is 24.1. The second-order valence-electron chi connectivity index (χ2n) is 10.2. The van der Waals surface area contributed by atoms with Crippen molar-refractivity contribution in [2.24, 2.45) is 0 Å². The highest BCUT2D eigenvalue weighted by Crippen LogP contribution is 2.55. The van der Waals surface area contributed by atoms with Gasteiger partial charge in [-0.2, -0.15) is 30.6 Å². The van der Waals surface area contributed by atoms with Crippen LogP contribution in [0.15, 0.2) is 48.5 Å². The van der Waals surface area contributed by atoms with Crippen molar-refractivity contribution in [2.75, 3.05) is 0 Å². The van der Waals surface area contributed by atoms with E-state index in [1.165, 1.54) is 0 Å². The van der Waals surface area contributed by atoms with Gasteiger partial charge in [0, 0.05) is 37.1 Å². The molecule has 2 aromatic heterocycles. The average Bonchev–Trinajstić information content (AvgIpc) is 3.66. The summed E-state index contributed by atoms with van der Waals surface area (Å²) in [7, 11) is -4.64. The molecule has 5 rings (SSSR count). The van der Waals surface area contributed by atoms with Crippen molar-refractivity contribution in [1.82, 2.24) is 24.6 Å². The highest BCUT2D eigenvalue weighted by Gasteiger charge is 2.67. The second-order valence-corrected chi connectivity index (χ2v) is 12.3. The van der Waals surface area contributed by atoms with Crippen molar-refractivity contribution in [3.63, 3.8) is 0 Å². The van der Waals surface area contributed by atoms with Gasteiger partial charge in [0.1, 0.15) is 17.5 Å². The Morgan fingerprint density at radius 1 is 1.00 bits per heavy atom. The highest BCUT2D eigenvalue weighted by atomic mass is 32.2. The number of allylic oxidation sites excluding steroid dienone is 3. The minimum Gasteiger partial charge on any atom is -0.351 e. The van der Waals surface area contributed by atoms with E-state index in [2.05, 4.69) is 20.3 Å². The maximum Gasteiger partial charge on any atom is 0.451 e. The zero-order valence-corrected chi connectivity index (χ0v) is 22.4. The SMILES string of the molecule is O=C(NCc1cc(-c2cnc(C(F)(F)F)nc2)ncc1C(F)(F)F)[C@@H]1C[C@@H](F)C2(CC2)N1S(=O)(=O)C1C=C(F)C(F)=CC1. The maximum atomic E-state index is 15.1. The number of rotatable bonds is 6. The van der Waals surface area contributed by atoms with Crippen LogP contribution in [-0.4, -0.2) is 56.6 Å². The summed E-state index contributed by atoms with van der Waals surface area (Å²) < 4.78 is 150. The first kappa shape index (κ1) is 30.9. The van der Waals surface area contributed by atoms with Crippen LogP contribution in [0, 0.1) is 0 Å². The first-order valence-corrected chi connectivity index (χ1v) is 14.1. The molecule has 1 unspecified atom stereocenters. The molecule has 18 heteroatoms. The fraction of sp³-hybridized carbons (Fsp3) is 0.440. The van der Waals surface area contributed by atoms with Gasteiger partial charge in [0.15, 0.2) is 11.7 Å². The standard InChI is InChI=1S/C25H20F9N5O3S/c26-16-2-1-14(6-17(16)27)43(41,42)39-19(7-20(28)23(39)3-4-23)21(40)36-8-12-5-18(35-11-15(12)24(29,30)31)13-9-37-22(38-10-13)25(32,33)34/h2,5-6,9-11,14,19-20H,1,3-4,7-8H2,(H,36,40)/t14?,19-,20+/m0/s1. The van der Waals surface area contributed by atoms with E-state index in [4.69, 9.17) is 0 Å². The largest absolute Gasteiger partial charge is 0.451 e. The molecule has 8 nitrogen and oxygen atoms in total. The number of alkyl halides is 7. The van der Waals surface area contributed by atoms with Gasteiger partial charge in [-0.15, -0.1) is 0 Å². The molecule has 1 saturated heterocycles.